The van der Waals surface area contributed by atoms with Crippen LogP contribution in [0.2, 0.25) is 0 Å². The van der Waals surface area contributed by atoms with E-state index in [1.54, 1.807) is 0 Å². The Morgan fingerprint density at radius 3 is 1.32 bits per heavy atom. The minimum absolute atomic E-state index is 0.217. The van der Waals surface area contributed by atoms with Crippen LogP contribution in [0.25, 0.3) is 27.5 Å². The summed E-state index contributed by atoms with van der Waals surface area (Å²) in [5.41, 5.74) is 12.8. The van der Waals surface area contributed by atoms with E-state index in [9.17, 15) is 0 Å². The molecule has 0 aliphatic heterocycles. The Bertz CT molecular complexity index is 2560. The summed E-state index contributed by atoms with van der Waals surface area (Å²) in [6.07, 6.45) is 0. The van der Waals surface area contributed by atoms with Gasteiger partial charge in [-0.25, -0.2) is 0 Å². The number of fused-ring (bicyclic) bond motifs is 3. The molecule has 0 saturated carbocycles. The van der Waals surface area contributed by atoms with Crippen LogP contribution < -0.4 is 9.80 Å². The van der Waals surface area contributed by atoms with Crippen molar-refractivity contribution in [3.8, 4) is 5.69 Å². The summed E-state index contributed by atoms with van der Waals surface area (Å²) in [6.45, 7) is 2.30. The lowest BCUT2D eigenvalue weighted by atomic mass is 9.92. The molecule has 1 atom stereocenters. The van der Waals surface area contributed by atoms with E-state index >= 15 is 0 Å². The molecular formula is C50H39N3. The number of hydrogen-bond acceptors (Lipinski definition) is 2. The highest BCUT2D eigenvalue weighted by molar-refractivity contribution is 6.14. The lowest BCUT2D eigenvalue weighted by Gasteiger charge is -2.27. The molecular weight excluding hydrogens is 643 g/mol. The number of benzene rings is 8. The van der Waals surface area contributed by atoms with Crippen LogP contribution in [0.4, 0.5) is 34.1 Å². The zero-order valence-corrected chi connectivity index (χ0v) is 29.6. The molecule has 9 rings (SSSR count). The van der Waals surface area contributed by atoms with E-state index in [-0.39, 0.29) is 5.92 Å². The number of nitrogens with zero attached hydrogens (tertiary/aromatic N) is 3. The first-order chi connectivity index (χ1) is 26.2. The SMILES string of the molecule is CC(c1ccc(N(c2ccccc2)c2ccccc2)cc1)c1ccc(N(c2ccccc2)c2cccc3c4ccccc4n(-c4ccccc4)c23)cc1. The van der Waals surface area contributed by atoms with Gasteiger partial charge in [0.1, 0.15) is 0 Å². The van der Waals surface area contributed by atoms with E-state index in [4.69, 9.17) is 0 Å². The number of aromatic nitrogens is 1. The van der Waals surface area contributed by atoms with Gasteiger partial charge in [0.15, 0.2) is 0 Å². The van der Waals surface area contributed by atoms with E-state index in [2.05, 4.69) is 234 Å². The van der Waals surface area contributed by atoms with Crippen LogP contribution in [-0.4, -0.2) is 4.57 Å². The molecule has 0 N–H and O–H groups in total. The van der Waals surface area contributed by atoms with E-state index in [0.717, 1.165) is 39.8 Å². The molecule has 1 unspecified atom stereocenters. The lowest BCUT2D eigenvalue weighted by molar-refractivity contribution is 0.922. The minimum Gasteiger partial charge on any atom is -0.311 e. The Morgan fingerprint density at radius 1 is 0.358 bits per heavy atom. The topological polar surface area (TPSA) is 11.4 Å². The Kier molecular flexibility index (Phi) is 8.51. The van der Waals surface area contributed by atoms with E-state index in [1.165, 1.54) is 32.9 Å². The lowest BCUT2D eigenvalue weighted by Crippen LogP contribution is -2.12. The fourth-order valence-corrected chi connectivity index (χ4v) is 7.65. The van der Waals surface area contributed by atoms with Gasteiger partial charge in [-0.3, -0.25) is 0 Å². The number of para-hydroxylation sites is 6. The number of anilines is 6. The van der Waals surface area contributed by atoms with Gasteiger partial charge in [0, 0.05) is 50.8 Å². The van der Waals surface area contributed by atoms with Gasteiger partial charge in [0.2, 0.25) is 0 Å². The molecule has 0 fully saturated rings. The summed E-state index contributed by atoms with van der Waals surface area (Å²) >= 11 is 0. The van der Waals surface area contributed by atoms with Crippen LogP contribution in [0, 0.1) is 0 Å². The molecule has 8 aromatic carbocycles. The first-order valence-electron chi connectivity index (χ1n) is 18.3. The van der Waals surface area contributed by atoms with E-state index < -0.39 is 0 Å². The van der Waals surface area contributed by atoms with Crippen molar-refractivity contribution in [1.29, 1.82) is 0 Å². The highest BCUT2D eigenvalue weighted by atomic mass is 15.2. The molecule has 1 aromatic heterocycles. The molecule has 0 spiro atoms. The summed E-state index contributed by atoms with van der Waals surface area (Å²) in [5.74, 6) is 0.217. The van der Waals surface area contributed by atoms with Gasteiger partial charge in [-0.1, -0.05) is 134 Å². The average molecular weight is 682 g/mol. The quantitative estimate of drug-likeness (QED) is 0.150. The Morgan fingerprint density at radius 2 is 0.774 bits per heavy atom. The summed E-state index contributed by atoms with van der Waals surface area (Å²) in [5, 5.41) is 2.47. The predicted octanol–water partition coefficient (Wildman–Crippen LogP) is 13.9. The molecule has 1 heterocycles. The van der Waals surface area contributed by atoms with Gasteiger partial charge in [0.25, 0.3) is 0 Å². The van der Waals surface area contributed by atoms with Crippen molar-refractivity contribution in [3.05, 3.63) is 223 Å². The Hall–Kier alpha value is -6.84. The van der Waals surface area contributed by atoms with Gasteiger partial charge in [0.05, 0.1) is 16.7 Å². The second kappa shape index (κ2) is 14.1. The zero-order chi connectivity index (χ0) is 35.6. The summed E-state index contributed by atoms with van der Waals surface area (Å²) in [7, 11) is 0. The molecule has 0 radical (unpaired) electrons. The zero-order valence-electron chi connectivity index (χ0n) is 29.6. The first-order valence-corrected chi connectivity index (χ1v) is 18.3. The monoisotopic (exact) mass is 681 g/mol. The maximum absolute atomic E-state index is 2.41. The largest absolute Gasteiger partial charge is 0.311 e. The molecule has 3 heteroatoms. The second-order valence-electron chi connectivity index (χ2n) is 13.4. The summed E-state index contributed by atoms with van der Waals surface area (Å²) in [4.78, 5) is 4.70. The van der Waals surface area contributed by atoms with Gasteiger partial charge < -0.3 is 14.4 Å². The van der Waals surface area contributed by atoms with Crippen molar-refractivity contribution >= 4 is 55.9 Å². The Balaban J connectivity index is 1.09. The van der Waals surface area contributed by atoms with Gasteiger partial charge >= 0.3 is 0 Å². The molecule has 0 saturated heterocycles. The normalized spacial score (nSPS) is 11.8. The molecule has 0 aliphatic rings. The summed E-state index contributed by atoms with van der Waals surface area (Å²) < 4.78 is 2.41. The van der Waals surface area contributed by atoms with Crippen molar-refractivity contribution in [3.63, 3.8) is 0 Å². The summed E-state index contributed by atoms with van der Waals surface area (Å²) in [6, 6.07) is 76.1. The van der Waals surface area contributed by atoms with Crippen LogP contribution in [0.5, 0.6) is 0 Å². The molecule has 0 aliphatic carbocycles. The third-order valence-electron chi connectivity index (χ3n) is 10.3. The third-order valence-corrected chi connectivity index (χ3v) is 10.3. The molecule has 53 heavy (non-hydrogen) atoms. The molecule has 3 nitrogen and oxygen atoms in total. The van der Waals surface area contributed by atoms with Crippen molar-refractivity contribution < 1.29 is 0 Å². The highest BCUT2D eigenvalue weighted by Crippen LogP contribution is 2.44. The van der Waals surface area contributed by atoms with Crippen LogP contribution in [0.15, 0.2) is 212 Å². The standard InChI is InChI=1S/C50H39N3/c1-37(38-29-33-44(34-30-38)51(40-17-6-2-7-18-40)41-19-8-3-9-20-41)39-31-35-45(36-32-39)52(42-21-10-4-11-22-42)49-28-16-26-47-46-25-14-15-27-48(46)53(50(47)49)43-23-12-5-13-24-43/h2-37H,1H3. The van der Waals surface area contributed by atoms with Gasteiger partial charge in [-0.05, 0) is 96.1 Å². The molecule has 0 bridgehead atoms. The fraction of sp³-hybridized carbons (Fsp3) is 0.0400. The van der Waals surface area contributed by atoms with Crippen molar-refractivity contribution in [2.75, 3.05) is 9.80 Å². The van der Waals surface area contributed by atoms with E-state index in [1.807, 2.05) is 0 Å². The van der Waals surface area contributed by atoms with Crippen molar-refractivity contribution in [1.82, 2.24) is 4.57 Å². The van der Waals surface area contributed by atoms with Crippen LogP contribution >= 0.6 is 0 Å². The van der Waals surface area contributed by atoms with Gasteiger partial charge in [-0.2, -0.15) is 0 Å². The van der Waals surface area contributed by atoms with Crippen LogP contribution in [0.3, 0.4) is 0 Å². The predicted molar refractivity (Wildman–Crippen MR) is 224 cm³/mol. The molecule has 0 amide bonds. The second-order valence-corrected chi connectivity index (χ2v) is 13.4. The molecule has 9 aromatic rings. The maximum Gasteiger partial charge on any atom is 0.0782 e. The molecule has 254 valence electrons. The van der Waals surface area contributed by atoms with Gasteiger partial charge in [-0.15, -0.1) is 0 Å². The number of hydrogen-bond donors (Lipinski definition) is 0. The maximum atomic E-state index is 2.41. The first kappa shape index (κ1) is 32.1. The third kappa shape index (κ3) is 6.03. The average Bonchev–Trinajstić information content (AvgIpc) is 3.58. The highest BCUT2D eigenvalue weighted by Gasteiger charge is 2.22. The minimum atomic E-state index is 0.217. The number of rotatable bonds is 9. The van der Waals surface area contributed by atoms with Crippen LogP contribution in [0.1, 0.15) is 24.0 Å². The van der Waals surface area contributed by atoms with Crippen LogP contribution in [-0.2, 0) is 0 Å². The fourth-order valence-electron chi connectivity index (χ4n) is 7.65. The Labute approximate surface area is 311 Å². The smallest absolute Gasteiger partial charge is 0.0782 e. The van der Waals surface area contributed by atoms with E-state index in [0.29, 0.717) is 0 Å². The van der Waals surface area contributed by atoms with Crippen molar-refractivity contribution in [2.45, 2.75) is 12.8 Å². The van der Waals surface area contributed by atoms with Crippen molar-refractivity contribution in [2.24, 2.45) is 0 Å².